The second-order valence-electron chi connectivity index (χ2n) is 2.90. The van der Waals surface area contributed by atoms with Crippen LogP contribution in [0.4, 0.5) is 0 Å². The van der Waals surface area contributed by atoms with Crippen molar-refractivity contribution < 1.29 is 9.90 Å². The minimum absolute atomic E-state index is 0.452. The molecule has 0 aromatic rings. The third kappa shape index (κ3) is 7.88. The molecular weight excluding hydrogens is 202 g/mol. The van der Waals surface area contributed by atoms with E-state index in [1.54, 1.807) is 18.7 Å². The third-order valence-electron chi connectivity index (χ3n) is 1.53. The lowest BCUT2D eigenvalue weighted by atomic mass is 10.2. The van der Waals surface area contributed by atoms with Gasteiger partial charge in [-0.25, -0.2) is 0 Å². The molecule has 0 aromatic carbocycles. The first-order valence-electron chi connectivity index (χ1n) is 4.39. The third-order valence-corrected chi connectivity index (χ3v) is 2.54. The highest BCUT2D eigenvalue weighted by Crippen LogP contribution is 2.02. The molecule has 0 heterocycles. The Labute approximate surface area is 87.9 Å². The minimum Gasteiger partial charge on any atom is -0.480 e. The van der Waals surface area contributed by atoms with Crippen LogP contribution in [0.1, 0.15) is 13.3 Å². The number of amidine groups is 1. The van der Waals surface area contributed by atoms with E-state index in [1.807, 2.05) is 0 Å². The second kappa shape index (κ2) is 7.64. The van der Waals surface area contributed by atoms with Crippen LogP contribution in [0.15, 0.2) is 0 Å². The maximum atomic E-state index is 10.3. The van der Waals surface area contributed by atoms with Gasteiger partial charge in [-0.15, -0.1) is 0 Å². The molecule has 0 fully saturated rings. The molecule has 82 valence electrons. The summed E-state index contributed by atoms with van der Waals surface area (Å²) < 4.78 is 0. The zero-order chi connectivity index (χ0) is 11.0. The molecular formula is C8H17N3O2S. The zero-order valence-electron chi connectivity index (χ0n) is 8.25. The van der Waals surface area contributed by atoms with Crippen LogP contribution in [0, 0.1) is 5.41 Å². The Balaban J connectivity index is 3.21. The number of thioether (sulfide) groups is 1. The van der Waals surface area contributed by atoms with Gasteiger partial charge in [-0.2, -0.15) is 11.8 Å². The SMILES string of the molecule is CC(=N)NCCSCCC(N)C(=O)O. The van der Waals surface area contributed by atoms with E-state index in [0.717, 1.165) is 18.1 Å². The summed E-state index contributed by atoms with van der Waals surface area (Å²) in [6.07, 6.45) is 0.490. The lowest BCUT2D eigenvalue weighted by Gasteiger charge is -2.06. The quantitative estimate of drug-likeness (QED) is 0.277. The van der Waals surface area contributed by atoms with E-state index in [-0.39, 0.29) is 0 Å². The predicted molar refractivity (Wildman–Crippen MR) is 59.0 cm³/mol. The Kier molecular flexibility index (Phi) is 7.23. The van der Waals surface area contributed by atoms with Crippen LogP contribution in [0.2, 0.25) is 0 Å². The smallest absolute Gasteiger partial charge is 0.320 e. The normalized spacial score (nSPS) is 12.1. The summed E-state index contributed by atoms with van der Waals surface area (Å²) in [6, 6.07) is -0.750. The summed E-state index contributed by atoms with van der Waals surface area (Å²) >= 11 is 1.64. The molecule has 0 saturated heterocycles. The summed E-state index contributed by atoms with van der Waals surface area (Å²) in [4.78, 5) is 10.3. The summed E-state index contributed by atoms with van der Waals surface area (Å²) in [5.74, 6) is 1.11. The topological polar surface area (TPSA) is 99.2 Å². The molecule has 1 atom stereocenters. The van der Waals surface area contributed by atoms with Gasteiger partial charge in [0.15, 0.2) is 0 Å². The molecule has 5 nitrogen and oxygen atoms in total. The summed E-state index contributed by atoms with van der Waals surface area (Å²) in [6.45, 7) is 2.42. The number of aliphatic carboxylic acids is 1. The Morgan fingerprint density at radius 3 is 2.79 bits per heavy atom. The van der Waals surface area contributed by atoms with E-state index in [9.17, 15) is 4.79 Å². The summed E-state index contributed by atoms with van der Waals surface area (Å²) in [7, 11) is 0. The van der Waals surface area contributed by atoms with Gasteiger partial charge < -0.3 is 16.2 Å². The standard InChI is InChI=1S/C8H17N3O2S/c1-6(9)11-3-5-14-4-2-7(10)8(12)13/h7H,2-5,10H2,1H3,(H2,9,11)(H,12,13). The first kappa shape index (κ1) is 13.2. The Morgan fingerprint density at radius 1 is 1.64 bits per heavy atom. The number of carboxylic acids is 1. The maximum absolute atomic E-state index is 10.3. The molecule has 0 aliphatic carbocycles. The van der Waals surface area contributed by atoms with Crippen LogP contribution in [0.3, 0.4) is 0 Å². The molecule has 1 unspecified atom stereocenters. The molecule has 0 radical (unpaired) electrons. The van der Waals surface area contributed by atoms with Crippen molar-refractivity contribution in [1.29, 1.82) is 5.41 Å². The largest absolute Gasteiger partial charge is 0.480 e. The Bertz CT molecular complexity index is 199. The highest BCUT2D eigenvalue weighted by molar-refractivity contribution is 7.99. The van der Waals surface area contributed by atoms with Gasteiger partial charge >= 0.3 is 5.97 Å². The van der Waals surface area contributed by atoms with Crippen LogP contribution >= 0.6 is 11.8 Å². The van der Waals surface area contributed by atoms with E-state index in [2.05, 4.69) is 5.32 Å². The van der Waals surface area contributed by atoms with Gasteiger partial charge in [-0.1, -0.05) is 0 Å². The van der Waals surface area contributed by atoms with Crippen molar-refractivity contribution in [2.75, 3.05) is 18.1 Å². The van der Waals surface area contributed by atoms with Crippen molar-refractivity contribution >= 4 is 23.6 Å². The molecule has 0 bridgehead atoms. The monoisotopic (exact) mass is 219 g/mol. The Morgan fingerprint density at radius 2 is 2.29 bits per heavy atom. The lowest BCUT2D eigenvalue weighted by Crippen LogP contribution is -2.30. The van der Waals surface area contributed by atoms with E-state index in [4.69, 9.17) is 16.2 Å². The molecule has 0 amide bonds. The molecule has 0 aliphatic rings. The number of hydrogen-bond donors (Lipinski definition) is 4. The molecule has 14 heavy (non-hydrogen) atoms. The average molecular weight is 219 g/mol. The molecule has 0 aromatic heterocycles. The predicted octanol–water partition coefficient (Wildman–Crippen LogP) is 0.108. The van der Waals surface area contributed by atoms with E-state index >= 15 is 0 Å². The lowest BCUT2D eigenvalue weighted by molar-refractivity contribution is -0.138. The van der Waals surface area contributed by atoms with Crippen molar-refractivity contribution in [2.24, 2.45) is 5.73 Å². The fourth-order valence-electron chi connectivity index (χ4n) is 0.747. The van der Waals surface area contributed by atoms with Crippen molar-refractivity contribution in [3.05, 3.63) is 0 Å². The first-order valence-corrected chi connectivity index (χ1v) is 5.54. The van der Waals surface area contributed by atoms with Crippen LogP contribution in [0.25, 0.3) is 0 Å². The highest BCUT2D eigenvalue weighted by Gasteiger charge is 2.09. The van der Waals surface area contributed by atoms with E-state index < -0.39 is 12.0 Å². The Hall–Kier alpha value is -0.750. The zero-order valence-corrected chi connectivity index (χ0v) is 9.06. The van der Waals surface area contributed by atoms with Gasteiger partial charge in [0.05, 0.1) is 5.84 Å². The van der Waals surface area contributed by atoms with Crippen molar-refractivity contribution in [3.63, 3.8) is 0 Å². The number of carbonyl (C=O) groups is 1. The van der Waals surface area contributed by atoms with Crippen LogP contribution in [-0.4, -0.2) is 41.0 Å². The van der Waals surface area contributed by atoms with E-state index in [0.29, 0.717) is 12.3 Å². The molecule has 6 heteroatoms. The number of rotatable bonds is 7. The molecule has 0 aliphatic heterocycles. The van der Waals surface area contributed by atoms with Gasteiger partial charge in [0.2, 0.25) is 0 Å². The molecule has 0 spiro atoms. The van der Waals surface area contributed by atoms with Crippen molar-refractivity contribution in [3.8, 4) is 0 Å². The molecule has 0 saturated carbocycles. The average Bonchev–Trinajstić information content (AvgIpc) is 2.09. The fraction of sp³-hybridized carbons (Fsp3) is 0.750. The van der Waals surface area contributed by atoms with E-state index in [1.165, 1.54) is 0 Å². The number of nitrogens with two attached hydrogens (primary N) is 1. The minimum atomic E-state index is -0.945. The van der Waals surface area contributed by atoms with Crippen molar-refractivity contribution in [1.82, 2.24) is 5.32 Å². The van der Waals surface area contributed by atoms with Gasteiger partial charge in [-0.05, 0) is 19.1 Å². The van der Waals surface area contributed by atoms with Gasteiger partial charge in [0.1, 0.15) is 6.04 Å². The van der Waals surface area contributed by atoms with Gasteiger partial charge in [0.25, 0.3) is 0 Å². The van der Waals surface area contributed by atoms with Crippen LogP contribution in [0.5, 0.6) is 0 Å². The summed E-state index contributed by atoms with van der Waals surface area (Å²) in [5.41, 5.74) is 5.32. The van der Waals surface area contributed by atoms with Crippen molar-refractivity contribution in [2.45, 2.75) is 19.4 Å². The van der Waals surface area contributed by atoms with Crippen LogP contribution < -0.4 is 11.1 Å². The fourth-order valence-corrected chi connectivity index (χ4v) is 1.62. The molecule has 5 N–H and O–H groups in total. The van der Waals surface area contributed by atoms with Crippen LogP contribution in [-0.2, 0) is 4.79 Å². The van der Waals surface area contributed by atoms with Gasteiger partial charge in [-0.3, -0.25) is 10.2 Å². The number of nitrogens with one attached hydrogen (secondary N) is 2. The summed E-state index contributed by atoms with van der Waals surface area (Å²) in [5, 5.41) is 18.4. The maximum Gasteiger partial charge on any atom is 0.320 e. The highest BCUT2D eigenvalue weighted by atomic mass is 32.2. The second-order valence-corrected chi connectivity index (χ2v) is 4.12. The number of carboxylic acid groups (broad SMARTS) is 1. The molecule has 0 rings (SSSR count). The number of hydrogen-bond acceptors (Lipinski definition) is 4. The first-order chi connectivity index (χ1) is 6.54. The van der Waals surface area contributed by atoms with Gasteiger partial charge in [0, 0.05) is 12.3 Å².